The van der Waals surface area contributed by atoms with Gasteiger partial charge in [-0.2, -0.15) is 0 Å². The molecule has 9 heteroatoms. The summed E-state index contributed by atoms with van der Waals surface area (Å²) in [4.78, 5) is 12.7. The molecule has 7 nitrogen and oxygen atoms in total. The molecule has 1 aromatic carbocycles. The first-order chi connectivity index (χ1) is 11.3. The van der Waals surface area contributed by atoms with E-state index in [2.05, 4.69) is 10.6 Å². The van der Waals surface area contributed by atoms with Crippen LogP contribution in [-0.4, -0.2) is 58.5 Å². The molecule has 0 spiro atoms. The van der Waals surface area contributed by atoms with Crippen LogP contribution < -0.4 is 10.6 Å². The normalized spacial score (nSPS) is 17.0. The van der Waals surface area contributed by atoms with Gasteiger partial charge in [-0.1, -0.05) is 12.1 Å². The van der Waals surface area contributed by atoms with Gasteiger partial charge in [0, 0.05) is 27.7 Å². The molecule has 0 radical (unpaired) electrons. The van der Waals surface area contributed by atoms with Crippen LogP contribution in [0.15, 0.2) is 29.2 Å². The topological polar surface area (TPSA) is 87.7 Å². The lowest BCUT2D eigenvalue weighted by Crippen LogP contribution is -2.53. The van der Waals surface area contributed by atoms with Gasteiger partial charge in [0.2, 0.25) is 10.0 Å². The van der Waals surface area contributed by atoms with Gasteiger partial charge in [0.1, 0.15) is 5.60 Å². The van der Waals surface area contributed by atoms with Gasteiger partial charge >= 0.3 is 0 Å². The Morgan fingerprint density at radius 2 is 1.80 bits per heavy atom. The SMILES string of the molecule is COC1(C(=O)NCc2ccc(S(=O)(=O)N(C)C)cc2)CCNCC1.Cl. The van der Waals surface area contributed by atoms with Crippen LogP contribution in [0.25, 0.3) is 0 Å². The van der Waals surface area contributed by atoms with E-state index in [4.69, 9.17) is 4.74 Å². The molecule has 25 heavy (non-hydrogen) atoms. The zero-order valence-electron chi connectivity index (χ0n) is 14.7. The molecular weight excluding hydrogens is 366 g/mol. The molecule has 1 aliphatic heterocycles. The van der Waals surface area contributed by atoms with Crippen LogP contribution in [0.3, 0.4) is 0 Å². The highest BCUT2D eigenvalue weighted by molar-refractivity contribution is 7.89. The summed E-state index contributed by atoms with van der Waals surface area (Å²) in [5.41, 5.74) is 0.0562. The molecule has 1 heterocycles. The van der Waals surface area contributed by atoms with E-state index < -0.39 is 15.6 Å². The highest BCUT2D eigenvalue weighted by Gasteiger charge is 2.39. The number of carbonyl (C=O) groups excluding carboxylic acids is 1. The maximum atomic E-state index is 12.5. The van der Waals surface area contributed by atoms with E-state index in [9.17, 15) is 13.2 Å². The maximum absolute atomic E-state index is 12.5. The van der Waals surface area contributed by atoms with Crippen LogP contribution in [0, 0.1) is 0 Å². The lowest BCUT2D eigenvalue weighted by atomic mass is 9.91. The van der Waals surface area contributed by atoms with E-state index in [1.54, 1.807) is 31.4 Å². The number of hydrogen-bond acceptors (Lipinski definition) is 5. The number of benzene rings is 1. The third kappa shape index (κ3) is 4.92. The molecule has 142 valence electrons. The molecule has 2 N–H and O–H groups in total. The second kappa shape index (κ2) is 8.95. The average molecular weight is 392 g/mol. The van der Waals surface area contributed by atoms with Crippen molar-refractivity contribution in [1.29, 1.82) is 0 Å². The molecule has 1 aromatic rings. The molecule has 0 saturated carbocycles. The minimum atomic E-state index is -3.44. The van der Waals surface area contributed by atoms with E-state index in [0.717, 1.165) is 18.7 Å². The van der Waals surface area contributed by atoms with Crippen molar-refractivity contribution in [2.45, 2.75) is 29.9 Å². The van der Waals surface area contributed by atoms with Crippen LogP contribution in [0.4, 0.5) is 0 Å². The molecule has 0 unspecified atom stereocenters. The first-order valence-corrected chi connectivity index (χ1v) is 9.31. The first kappa shape index (κ1) is 21.9. The number of carbonyl (C=O) groups is 1. The molecule has 1 saturated heterocycles. The fraction of sp³-hybridized carbons (Fsp3) is 0.562. The summed E-state index contributed by atoms with van der Waals surface area (Å²) in [6.45, 7) is 1.83. The second-order valence-electron chi connectivity index (χ2n) is 6.06. The predicted octanol–water partition coefficient (Wildman–Crippen LogP) is 0.744. The molecule has 0 aromatic heterocycles. The molecule has 0 atom stereocenters. The van der Waals surface area contributed by atoms with Gasteiger partial charge in [-0.3, -0.25) is 4.79 Å². The highest BCUT2D eigenvalue weighted by Crippen LogP contribution is 2.23. The van der Waals surface area contributed by atoms with Gasteiger partial charge in [0.15, 0.2) is 0 Å². The fourth-order valence-electron chi connectivity index (χ4n) is 2.69. The summed E-state index contributed by atoms with van der Waals surface area (Å²) < 4.78 is 30.7. The summed E-state index contributed by atoms with van der Waals surface area (Å²) in [6, 6.07) is 6.51. The average Bonchev–Trinajstić information content (AvgIpc) is 2.60. The van der Waals surface area contributed by atoms with Crippen molar-refractivity contribution < 1.29 is 17.9 Å². The Bertz CT molecular complexity index is 671. The van der Waals surface area contributed by atoms with Gasteiger partial charge in [-0.05, 0) is 43.6 Å². The van der Waals surface area contributed by atoms with Crippen molar-refractivity contribution in [3.63, 3.8) is 0 Å². The van der Waals surface area contributed by atoms with Crippen molar-refractivity contribution in [3.8, 4) is 0 Å². The van der Waals surface area contributed by atoms with Gasteiger partial charge < -0.3 is 15.4 Å². The maximum Gasteiger partial charge on any atom is 0.252 e. The Morgan fingerprint density at radius 3 is 2.28 bits per heavy atom. The monoisotopic (exact) mass is 391 g/mol. The first-order valence-electron chi connectivity index (χ1n) is 7.87. The van der Waals surface area contributed by atoms with Gasteiger partial charge in [0.25, 0.3) is 5.91 Å². The zero-order chi connectivity index (χ0) is 17.8. The lowest BCUT2D eigenvalue weighted by molar-refractivity contribution is -0.146. The van der Waals surface area contributed by atoms with Crippen LogP contribution in [0.2, 0.25) is 0 Å². The van der Waals surface area contributed by atoms with Crippen LogP contribution in [0.5, 0.6) is 0 Å². The number of piperidine rings is 1. The van der Waals surface area contributed by atoms with E-state index in [1.807, 2.05) is 0 Å². The molecule has 0 aliphatic carbocycles. The van der Waals surface area contributed by atoms with Crippen LogP contribution >= 0.6 is 12.4 Å². The highest BCUT2D eigenvalue weighted by atomic mass is 35.5. The smallest absolute Gasteiger partial charge is 0.252 e. The van der Waals surface area contributed by atoms with E-state index >= 15 is 0 Å². The molecular formula is C16H26ClN3O4S. The van der Waals surface area contributed by atoms with Gasteiger partial charge in [0.05, 0.1) is 4.90 Å². The summed E-state index contributed by atoms with van der Waals surface area (Å²) in [5, 5.41) is 6.10. The predicted molar refractivity (Wildman–Crippen MR) is 98.3 cm³/mol. The Hall–Kier alpha value is -1.19. The summed E-state index contributed by atoms with van der Waals surface area (Å²) in [6.07, 6.45) is 1.27. The Balaban J connectivity index is 0.00000312. The van der Waals surface area contributed by atoms with E-state index in [1.165, 1.54) is 18.4 Å². The van der Waals surface area contributed by atoms with Crippen LogP contribution in [-0.2, 0) is 26.1 Å². The van der Waals surface area contributed by atoms with Crippen molar-refractivity contribution in [2.75, 3.05) is 34.3 Å². The summed E-state index contributed by atoms with van der Waals surface area (Å²) in [7, 11) is 1.11. The summed E-state index contributed by atoms with van der Waals surface area (Å²) in [5.74, 6) is -0.128. The van der Waals surface area contributed by atoms with Gasteiger partial charge in [-0.25, -0.2) is 12.7 Å². The van der Waals surface area contributed by atoms with Crippen molar-refractivity contribution in [3.05, 3.63) is 29.8 Å². The minimum absolute atomic E-state index is 0. The number of halogens is 1. The number of sulfonamides is 1. The molecule has 1 fully saturated rings. The third-order valence-corrected chi connectivity index (χ3v) is 6.20. The number of ether oxygens (including phenoxy) is 1. The Morgan fingerprint density at radius 1 is 1.24 bits per heavy atom. The van der Waals surface area contributed by atoms with Gasteiger partial charge in [-0.15, -0.1) is 12.4 Å². The minimum Gasteiger partial charge on any atom is -0.368 e. The number of amides is 1. The summed E-state index contributed by atoms with van der Waals surface area (Å²) >= 11 is 0. The third-order valence-electron chi connectivity index (χ3n) is 4.37. The number of rotatable bonds is 6. The molecule has 1 aliphatic rings. The molecule has 1 amide bonds. The Labute approximate surface area is 155 Å². The van der Waals surface area contributed by atoms with Crippen molar-refractivity contribution in [1.82, 2.24) is 14.9 Å². The lowest BCUT2D eigenvalue weighted by Gasteiger charge is -2.34. The second-order valence-corrected chi connectivity index (χ2v) is 8.21. The number of nitrogens with zero attached hydrogens (tertiary/aromatic N) is 1. The number of nitrogens with one attached hydrogen (secondary N) is 2. The Kier molecular flexibility index (Phi) is 7.83. The van der Waals surface area contributed by atoms with E-state index in [0.29, 0.717) is 19.4 Å². The standard InChI is InChI=1S/C16H25N3O4S.ClH/c1-19(2)24(21,22)14-6-4-13(5-7-14)12-18-15(20)16(23-3)8-10-17-11-9-16;/h4-7,17H,8-12H2,1-3H3,(H,18,20);1H. The van der Waals surface area contributed by atoms with Crippen LogP contribution in [0.1, 0.15) is 18.4 Å². The van der Waals surface area contributed by atoms with Crippen molar-refractivity contribution >= 4 is 28.3 Å². The van der Waals surface area contributed by atoms with Crippen molar-refractivity contribution in [2.24, 2.45) is 0 Å². The number of hydrogen-bond donors (Lipinski definition) is 2. The largest absolute Gasteiger partial charge is 0.368 e. The molecule has 0 bridgehead atoms. The molecule has 2 rings (SSSR count). The van der Waals surface area contributed by atoms with E-state index in [-0.39, 0.29) is 23.2 Å². The fourth-order valence-corrected chi connectivity index (χ4v) is 3.59. The zero-order valence-corrected chi connectivity index (χ0v) is 16.4. The quantitative estimate of drug-likeness (QED) is 0.747. The number of methoxy groups -OCH3 is 1.